The third-order valence-corrected chi connectivity index (χ3v) is 2.99. The van der Waals surface area contributed by atoms with Gasteiger partial charge in [0.15, 0.2) is 0 Å². The monoisotopic (exact) mass is 236 g/mol. The Hall–Kier alpha value is -2.11. The molecule has 0 atom stereocenters. The average Bonchev–Trinajstić information content (AvgIpc) is 3.00. The van der Waals surface area contributed by atoms with Crippen molar-refractivity contribution in [1.82, 2.24) is 0 Å². The quantitative estimate of drug-likeness (QED) is 0.477. The summed E-state index contributed by atoms with van der Waals surface area (Å²) in [5, 5.41) is 22.6. The molecule has 0 radical (unpaired) electrons. The highest BCUT2D eigenvalue weighted by molar-refractivity contribution is 5.98. The third kappa shape index (κ3) is 2.20. The molecule has 17 heavy (non-hydrogen) atoms. The topological polar surface area (TPSA) is 92.5 Å². The zero-order valence-electron chi connectivity index (χ0n) is 9.27. The number of carbonyl (C=O) groups is 1. The van der Waals surface area contributed by atoms with Crippen LogP contribution in [0.3, 0.4) is 0 Å². The van der Waals surface area contributed by atoms with E-state index in [1.165, 1.54) is 12.1 Å². The number of rotatable bonds is 3. The van der Waals surface area contributed by atoms with Gasteiger partial charge in [-0.15, -0.1) is 0 Å². The van der Waals surface area contributed by atoms with Crippen molar-refractivity contribution in [3.8, 4) is 5.75 Å². The number of aromatic hydroxyl groups is 1. The van der Waals surface area contributed by atoms with Crippen LogP contribution in [0.2, 0.25) is 0 Å². The maximum Gasteiger partial charge on any atom is 0.273 e. The SMILES string of the molecule is CC1(C(=O)Nc2ccc([N+](=O)[O-])cc2O)CC1. The predicted molar refractivity (Wildman–Crippen MR) is 60.7 cm³/mol. The van der Waals surface area contributed by atoms with Crippen molar-refractivity contribution in [2.24, 2.45) is 5.41 Å². The normalized spacial score (nSPS) is 16.3. The highest BCUT2D eigenvalue weighted by Gasteiger charge is 2.45. The second-order valence-corrected chi connectivity index (χ2v) is 4.47. The van der Waals surface area contributed by atoms with Crippen LogP contribution in [0.15, 0.2) is 18.2 Å². The van der Waals surface area contributed by atoms with Crippen molar-refractivity contribution >= 4 is 17.3 Å². The van der Waals surface area contributed by atoms with Crippen LogP contribution in [0.1, 0.15) is 19.8 Å². The molecule has 2 rings (SSSR count). The Bertz CT molecular complexity index is 494. The van der Waals surface area contributed by atoms with Crippen LogP contribution in [0.5, 0.6) is 5.75 Å². The summed E-state index contributed by atoms with van der Waals surface area (Å²) in [7, 11) is 0. The fourth-order valence-corrected chi connectivity index (χ4v) is 1.43. The zero-order chi connectivity index (χ0) is 12.6. The second-order valence-electron chi connectivity index (χ2n) is 4.47. The summed E-state index contributed by atoms with van der Waals surface area (Å²) in [6.45, 7) is 1.84. The Morgan fingerprint density at radius 3 is 2.65 bits per heavy atom. The number of carbonyl (C=O) groups excluding carboxylic acids is 1. The van der Waals surface area contributed by atoms with E-state index in [4.69, 9.17) is 0 Å². The second kappa shape index (κ2) is 3.73. The molecule has 0 saturated heterocycles. The Balaban J connectivity index is 2.17. The van der Waals surface area contributed by atoms with Crippen molar-refractivity contribution in [2.75, 3.05) is 5.32 Å². The highest BCUT2D eigenvalue weighted by Crippen LogP contribution is 2.46. The van der Waals surface area contributed by atoms with Gasteiger partial charge in [-0.2, -0.15) is 0 Å². The molecule has 0 bridgehead atoms. The maximum atomic E-state index is 11.7. The predicted octanol–water partition coefficient (Wildman–Crippen LogP) is 2.04. The number of nitrogens with zero attached hydrogens (tertiary/aromatic N) is 1. The number of benzene rings is 1. The Morgan fingerprint density at radius 1 is 1.53 bits per heavy atom. The molecule has 0 aromatic heterocycles. The van der Waals surface area contributed by atoms with Crippen LogP contribution in [-0.4, -0.2) is 15.9 Å². The first-order chi connectivity index (χ1) is 7.92. The van der Waals surface area contributed by atoms with Gasteiger partial charge >= 0.3 is 0 Å². The van der Waals surface area contributed by atoms with Crippen LogP contribution in [0.25, 0.3) is 0 Å². The lowest BCUT2D eigenvalue weighted by Crippen LogP contribution is -2.21. The Morgan fingerprint density at radius 2 is 2.18 bits per heavy atom. The van der Waals surface area contributed by atoms with Crippen molar-refractivity contribution in [3.05, 3.63) is 28.3 Å². The molecule has 6 heteroatoms. The Labute approximate surface area is 97.4 Å². The molecule has 2 N–H and O–H groups in total. The van der Waals surface area contributed by atoms with Crippen molar-refractivity contribution in [3.63, 3.8) is 0 Å². The molecule has 1 aliphatic rings. The lowest BCUT2D eigenvalue weighted by molar-refractivity contribution is -0.384. The van der Waals surface area contributed by atoms with E-state index >= 15 is 0 Å². The molecule has 1 aromatic rings. The van der Waals surface area contributed by atoms with E-state index in [-0.39, 0.29) is 28.4 Å². The van der Waals surface area contributed by atoms with E-state index in [1.54, 1.807) is 0 Å². The number of hydrogen-bond acceptors (Lipinski definition) is 4. The summed E-state index contributed by atoms with van der Waals surface area (Å²) in [6, 6.07) is 3.59. The zero-order valence-corrected chi connectivity index (χ0v) is 9.27. The van der Waals surface area contributed by atoms with Crippen LogP contribution in [0, 0.1) is 15.5 Å². The van der Waals surface area contributed by atoms with Crippen LogP contribution < -0.4 is 5.32 Å². The summed E-state index contributed by atoms with van der Waals surface area (Å²) in [5.74, 6) is -0.460. The number of non-ortho nitro benzene ring substituents is 1. The molecule has 1 amide bonds. The minimum atomic E-state index is -0.604. The number of phenolic OH excluding ortho intramolecular Hbond substituents is 1. The molecule has 1 aromatic carbocycles. The summed E-state index contributed by atoms with van der Waals surface area (Å²) in [4.78, 5) is 21.6. The smallest absolute Gasteiger partial charge is 0.273 e. The number of amides is 1. The largest absolute Gasteiger partial charge is 0.506 e. The molecule has 1 fully saturated rings. The maximum absolute atomic E-state index is 11.7. The molecule has 0 spiro atoms. The standard InChI is InChI=1S/C11H12N2O4/c1-11(4-5-11)10(15)12-8-3-2-7(13(16)17)6-9(8)14/h2-3,6,14H,4-5H2,1H3,(H,12,15). The van der Waals surface area contributed by atoms with Gasteiger partial charge in [-0.05, 0) is 18.9 Å². The molecular weight excluding hydrogens is 224 g/mol. The molecule has 1 saturated carbocycles. The van der Waals surface area contributed by atoms with E-state index in [1.807, 2.05) is 6.92 Å². The van der Waals surface area contributed by atoms with Gasteiger partial charge in [-0.1, -0.05) is 6.92 Å². The number of anilines is 1. The molecule has 90 valence electrons. The summed E-state index contributed by atoms with van der Waals surface area (Å²) in [6.07, 6.45) is 1.65. The highest BCUT2D eigenvalue weighted by atomic mass is 16.6. The number of nitrogens with one attached hydrogen (secondary N) is 1. The fraction of sp³-hybridized carbons (Fsp3) is 0.364. The van der Waals surface area contributed by atoms with Crippen molar-refractivity contribution in [2.45, 2.75) is 19.8 Å². The molecule has 6 nitrogen and oxygen atoms in total. The van der Waals surface area contributed by atoms with E-state index < -0.39 is 4.92 Å². The first-order valence-electron chi connectivity index (χ1n) is 5.21. The number of nitro benzene ring substituents is 1. The minimum absolute atomic E-state index is 0.165. The van der Waals surface area contributed by atoms with Gasteiger partial charge in [-0.25, -0.2) is 0 Å². The van der Waals surface area contributed by atoms with Gasteiger partial charge in [0.25, 0.3) is 5.69 Å². The Kier molecular flexibility index (Phi) is 2.49. The average molecular weight is 236 g/mol. The fourth-order valence-electron chi connectivity index (χ4n) is 1.43. The van der Waals surface area contributed by atoms with Gasteiger partial charge in [0.1, 0.15) is 5.75 Å². The van der Waals surface area contributed by atoms with E-state index in [9.17, 15) is 20.0 Å². The molecule has 0 heterocycles. The molecule has 1 aliphatic carbocycles. The third-order valence-electron chi connectivity index (χ3n) is 2.99. The van der Waals surface area contributed by atoms with Crippen LogP contribution in [-0.2, 0) is 4.79 Å². The van der Waals surface area contributed by atoms with Crippen molar-refractivity contribution in [1.29, 1.82) is 0 Å². The lowest BCUT2D eigenvalue weighted by atomic mass is 10.1. The van der Waals surface area contributed by atoms with E-state index in [2.05, 4.69) is 5.32 Å². The van der Waals surface area contributed by atoms with Crippen LogP contribution in [0.4, 0.5) is 11.4 Å². The van der Waals surface area contributed by atoms with Gasteiger partial charge in [0.2, 0.25) is 5.91 Å². The molecule has 0 unspecified atom stereocenters. The minimum Gasteiger partial charge on any atom is -0.506 e. The first-order valence-corrected chi connectivity index (χ1v) is 5.21. The van der Waals surface area contributed by atoms with Gasteiger partial charge in [0, 0.05) is 11.5 Å². The van der Waals surface area contributed by atoms with E-state index in [0.717, 1.165) is 18.9 Å². The summed E-state index contributed by atoms with van der Waals surface area (Å²) in [5.41, 5.74) is -0.361. The molecule has 0 aliphatic heterocycles. The van der Waals surface area contributed by atoms with Gasteiger partial charge in [0.05, 0.1) is 16.7 Å². The molecular formula is C11H12N2O4. The van der Waals surface area contributed by atoms with Crippen LogP contribution >= 0.6 is 0 Å². The lowest BCUT2D eigenvalue weighted by Gasteiger charge is -2.10. The van der Waals surface area contributed by atoms with Gasteiger partial charge in [-0.3, -0.25) is 14.9 Å². The number of phenols is 1. The number of hydrogen-bond donors (Lipinski definition) is 2. The van der Waals surface area contributed by atoms with E-state index in [0.29, 0.717) is 0 Å². The number of nitro groups is 1. The van der Waals surface area contributed by atoms with Crippen molar-refractivity contribution < 1.29 is 14.8 Å². The van der Waals surface area contributed by atoms with Gasteiger partial charge < -0.3 is 10.4 Å². The summed E-state index contributed by atoms with van der Waals surface area (Å²) < 4.78 is 0. The summed E-state index contributed by atoms with van der Waals surface area (Å²) >= 11 is 0. The first kappa shape index (κ1) is 11.4.